The minimum absolute atomic E-state index is 0.185. The Morgan fingerprint density at radius 1 is 1.03 bits per heavy atom. The summed E-state index contributed by atoms with van der Waals surface area (Å²) in [5.74, 6) is 0.849. The highest BCUT2D eigenvalue weighted by Crippen LogP contribution is 2.39. The fourth-order valence-electron chi connectivity index (χ4n) is 3.80. The first-order chi connectivity index (χ1) is 18.7. The maximum absolute atomic E-state index is 13.2. The predicted molar refractivity (Wildman–Crippen MR) is 161 cm³/mol. The molecular formula is C29H27ClN2O5S2. The molecule has 0 bridgehead atoms. The number of carbonyl (C=O) groups excluding carboxylic acids is 2. The Balaban J connectivity index is 1.48. The number of hydrogen-bond acceptors (Lipinski definition) is 7. The number of carbonyl (C=O) groups is 2. The van der Waals surface area contributed by atoms with Gasteiger partial charge in [-0.15, -0.1) is 0 Å². The van der Waals surface area contributed by atoms with Crippen molar-refractivity contribution in [3.05, 3.63) is 81.2 Å². The number of thioether (sulfide) groups is 1. The molecule has 202 valence electrons. The predicted octanol–water partition coefficient (Wildman–Crippen LogP) is 6.79. The van der Waals surface area contributed by atoms with Crippen molar-refractivity contribution in [3.63, 3.8) is 0 Å². The molecule has 7 nitrogen and oxygen atoms in total. The summed E-state index contributed by atoms with van der Waals surface area (Å²) < 4.78 is 17.1. The van der Waals surface area contributed by atoms with Gasteiger partial charge in [0, 0.05) is 5.69 Å². The number of nitrogens with zero attached hydrogens (tertiary/aromatic N) is 1. The van der Waals surface area contributed by atoms with E-state index in [0.29, 0.717) is 49.5 Å². The summed E-state index contributed by atoms with van der Waals surface area (Å²) in [5.41, 5.74) is 4.23. The molecule has 1 saturated heterocycles. The van der Waals surface area contributed by atoms with Gasteiger partial charge in [0.2, 0.25) is 0 Å². The zero-order valence-corrected chi connectivity index (χ0v) is 24.3. The van der Waals surface area contributed by atoms with E-state index in [0.717, 1.165) is 16.7 Å². The third kappa shape index (κ3) is 6.73. The summed E-state index contributed by atoms with van der Waals surface area (Å²) in [5, 5.41) is 3.22. The largest absolute Gasteiger partial charge is 0.495 e. The number of methoxy groups -OCH3 is 1. The Morgan fingerprint density at radius 2 is 1.79 bits per heavy atom. The van der Waals surface area contributed by atoms with Crippen LogP contribution in [-0.4, -0.2) is 36.5 Å². The van der Waals surface area contributed by atoms with Gasteiger partial charge < -0.3 is 19.5 Å². The van der Waals surface area contributed by atoms with E-state index in [9.17, 15) is 9.59 Å². The molecule has 0 radical (unpaired) electrons. The van der Waals surface area contributed by atoms with Crippen LogP contribution in [0.25, 0.3) is 6.08 Å². The number of hydrogen-bond donors (Lipinski definition) is 1. The third-order valence-electron chi connectivity index (χ3n) is 5.90. The van der Waals surface area contributed by atoms with Crippen molar-refractivity contribution in [3.8, 4) is 17.2 Å². The summed E-state index contributed by atoms with van der Waals surface area (Å²) in [6.45, 7) is 6.07. The molecule has 0 saturated carbocycles. The van der Waals surface area contributed by atoms with Gasteiger partial charge in [-0.2, -0.15) is 0 Å². The highest BCUT2D eigenvalue weighted by molar-refractivity contribution is 8.27. The van der Waals surface area contributed by atoms with Crippen LogP contribution in [-0.2, 0) is 9.59 Å². The second kappa shape index (κ2) is 12.5. The summed E-state index contributed by atoms with van der Waals surface area (Å²) >= 11 is 12.9. The van der Waals surface area contributed by atoms with Crippen molar-refractivity contribution in [2.24, 2.45) is 0 Å². The van der Waals surface area contributed by atoms with Crippen molar-refractivity contribution in [1.82, 2.24) is 0 Å². The molecule has 39 heavy (non-hydrogen) atoms. The van der Waals surface area contributed by atoms with Gasteiger partial charge in [0.25, 0.3) is 11.8 Å². The molecule has 3 aromatic carbocycles. The molecule has 1 aliphatic heterocycles. The molecule has 1 fully saturated rings. The van der Waals surface area contributed by atoms with E-state index < -0.39 is 0 Å². The van der Waals surface area contributed by atoms with E-state index in [4.69, 9.17) is 38.0 Å². The van der Waals surface area contributed by atoms with Gasteiger partial charge in [0.1, 0.15) is 5.75 Å². The van der Waals surface area contributed by atoms with Crippen LogP contribution in [0.15, 0.2) is 59.5 Å². The van der Waals surface area contributed by atoms with Gasteiger partial charge in [-0.05, 0) is 86.0 Å². The lowest BCUT2D eigenvalue weighted by molar-refractivity contribution is -0.118. The quantitative estimate of drug-likeness (QED) is 0.220. The Labute approximate surface area is 242 Å². The molecule has 0 aromatic heterocycles. The summed E-state index contributed by atoms with van der Waals surface area (Å²) in [4.78, 5) is 27.6. The summed E-state index contributed by atoms with van der Waals surface area (Å²) in [7, 11) is 1.52. The Kier molecular flexibility index (Phi) is 9.16. The van der Waals surface area contributed by atoms with Crippen LogP contribution < -0.4 is 24.4 Å². The van der Waals surface area contributed by atoms with E-state index in [1.807, 2.05) is 39.0 Å². The van der Waals surface area contributed by atoms with Crippen LogP contribution in [0.3, 0.4) is 0 Å². The molecule has 3 aromatic rings. The van der Waals surface area contributed by atoms with Gasteiger partial charge >= 0.3 is 0 Å². The maximum atomic E-state index is 13.2. The van der Waals surface area contributed by atoms with Crippen molar-refractivity contribution in [2.75, 3.05) is 30.5 Å². The highest BCUT2D eigenvalue weighted by Gasteiger charge is 2.33. The van der Waals surface area contributed by atoms with Crippen LogP contribution in [0.1, 0.15) is 23.6 Å². The monoisotopic (exact) mass is 582 g/mol. The van der Waals surface area contributed by atoms with Crippen molar-refractivity contribution in [1.29, 1.82) is 0 Å². The fourth-order valence-corrected chi connectivity index (χ4v) is 5.35. The fraction of sp³-hybridized carbons (Fsp3) is 0.207. The van der Waals surface area contributed by atoms with Crippen molar-refractivity contribution < 1.29 is 23.8 Å². The van der Waals surface area contributed by atoms with Crippen molar-refractivity contribution in [2.45, 2.75) is 20.8 Å². The Morgan fingerprint density at radius 3 is 2.49 bits per heavy atom. The SMILES string of the molecule is CCOc1cc(/C=C2/SC(=S)N(c3ccc(OC)c(Cl)c3)C2=O)ccc1OCC(=O)Nc1ccc(C)c(C)c1. The summed E-state index contributed by atoms with van der Waals surface area (Å²) in [6.07, 6.45) is 1.74. The van der Waals surface area contributed by atoms with E-state index in [1.54, 1.807) is 42.5 Å². The zero-order chi connectivity index (χ0) is 28.1. The van der Waals surface area contributed by atoms with Gasteiger partial charge in [-0.25, -0.2) is 0 Å². The first-order valence-corrected chi connectivity index (χ1v) is 13.7. The average Bonchev–Trinajstić information content (AvgIpc) is 3.18. The average molecular weight is 583 g/mol. The van der Waals surface area contributed by atoms with E-state index in [-0.39, 0.29) is 18.4 Å². The van der Waals surface area contributed by atoms with Crippen LogP contribution in [0.5, 0.6) is 17.2 Å². The standard InChI is InChI=1S/C29H27ClN2O5S2/c1-5-36-25-13-19(7-10-24(25)37-16-27(33)31-20-8-6-17(2)18(3)12-20)14-26-28(34)32(29(38)39-26)21-9-11-23(35-4)22(30)15-21/h6-15H,5,16H2,1-4H3,(H,31,33)/b26-14+. The topological polar surface area (TPSA) is 77.1 Å². The summed E-state index contributed by atoms with van der Waals surface area (Å²) in [6, 6.07) is 16.0. The number of thiocarbonyl (C=S) groups is 1. The molecule has 0 atom stereocenters. The molecule has 4 rings (SSSR count). The molecule has 10 heteroatoms. The number of benzene rings is 3. The van der Waals surface area contributed by atoms with Crippen LogP contribution >= 0.6 is 35.6 Å². The minimum atomic E-state index is -0.285. The number of anilines is 2. The van der Waals surface area contributed by atoms with Crippen LogP contribution in [0, 0.1) is 13.8 Å². The lowest BCUT2D eigenvalue weighted by Crippen LogP contribution is -2.27. The zero-order valence-electron chi connectivity index (χ0n) is 21.9. The van der Waals surface area contributed by atoms with Crippen LogP contribution in [0.4, 0.5) is 11.4 Å². The number of aryl methyl sites for hydroxylation is 2. The number of amides is 2. The lowest BCUT2D eigenvalue weighted by atomic mass is 10.1. The highest BCUT2D eigenvalue weighted by atomic mass is 35.5. The number of nitrogens with one attached hydrogen (secondary N) is 1. The second-order valence-corrected chi connectivity index (χ2v) is 10.7. The third-order valence-corrected chi connectivity index (χ3v) is 7.50. The first-order valence-electron chi connectivity index (χ1n) is 12.1. The molecule has 0 aliphatic carbocycles. The Bertz CT molecular complexity index is 1470. The number of halogens is 1. The first kappa shape index (κ1) is 28.5. The van der Waals surface area contributed by atoms with Crippen LogP contribution in [0.2, 0.25) is 5.02 Å². The minimum Gasteiger partial charge on any atom is -0.495 e. The number of ether oxygens (including phenoxy) is 3. The second-order valence-electron chi connectivity index (χ2n) is 8.61. The molecular weight excluding hydrogens is 556 g/mol. The van der Waals surface area contributed by atoms with Gasteiger partial charge in [-0.3, -0.25) is 14.5 Å². The van der Waals surface area contributed by atoms with E-state index >= 15 is 0 Å². The number of rotatable bonds is 9. The molecule has 0 spiro atoms. The molecule has 2 amide bonds. The molecule has 0 unspecified atom stereocenters. The molecule has 1 aliphatic rings. The van der Waals surface area contributed by atoms with Gasteiger partial charge in [0.05, 0.1) is 29.3 Å². The smallest absolute Gasteiger partial charge is 0.270 e. The Hall–Kier alpha value is -3.53. The van der Waals surface area contributed by atoms with Gasteiger partial charge in [0.15, 0.2) is 22.4 Å². The van der Waals surface area contributed by atoms with E-state index in [1.165, 1.54) is 23.8 Å². The maximum Gasteiger partial charge on any atom is 0.270 e. The normalized spacial score (nSPS) is 14.1. The molecule has 1 heterocycles. The van der Waals surface area contributed by atoms with Gasteiger partial charge in [-0.1, -0.05) is 47.7 Å². The molecule has 1 N–H and O–H groups in total. The lowest BCUT2D eigenvalue weighted by Gasteiger charge is -2.15. The van der Waals surface area contributed by atoms with E-state index in [2.05, 4.69) is 5.32 Å². The van der Waals surface area contributed by atoms with Crippen molar-refractivity contribution >= 4 is 69.2 Å².